The van der Waals surface area contributed by atoms with E-state index in [-0.39, 0.29) is 5.82 Å². The maximum atomic E-state index is 13.1. The summed E-state index contributed by atoms with van der Waals surface area (Å²) in [5.74, 6) is 0.756. The van der Waals surface area contributed by atoms with E-state index in [0.717, 1.165) is 24.0 Å². The molecule has 148 valence electrons. The number of halogens is 3. The molecule has 0 saturated heterocycles. The molecule has 0 unspecified atom stereocenters. The number of hydrogen-bond donors (Lipinski definition) is 2. The number of nitrogens with zero attached hydrogens (tertiary/aromatic N) is 3. The molecule has 9 heteroatoms. The quantitative estimate of drug-likeness (QED) is 0.699. The zero-order chi connectivity index (χ0) is 20.5. The van der Waals surface area contributed by atoms with Gasteiger partial charge >= 0.3 is 6.18 Å². The maximum Gasteiger partial charge on any atom is 0.433 e. The third-order valence-electron chi connectivity index (χ3n) is 4.27. The SMILES string of the molecule is Cc1cnc(CN(C)Cc2ccc(-c3nc(C(F)(F)F)c(C)c(=O)[nH]3)cc2)[nH]1. The van der Waals surface area contributed by atoms with E-state index in [0.29, 0.717) is 18.7 Å². The summed E-state index contributed by atoms with van der Waals surface area (Å²) < 4.78 is 39.3. The van der Waals surface area contributed by atoms with E-state index in [4.69, 9.17) is 0 Å². The summed E-state index contributed by atoms with van der Waals surface area (Å²) in [5, 5.41) is 0. The van der Waals surface area contributed by atoms with Gasteiger partial charge in [-0.05, 0) is 26.5 Å². The predicted octanol–water partition coefficient (Wildman–Crippen LogP) is 3.43. The van der Waals surface area contributed by atoms with Gasteiger partial charge in [0.25, 0.3) is 5.56 Å². The third-order valence-corrected chi connectivity index (χ3v) is 4.27. The van der Waals surface area contributed by atoms with E-state index in [1.165, 1.54) is 0 Å². The van der Waals surface area contributed by atoms with Crippen LogP contribution in [0.4, 0.5) is 13.2 Å². The van der Waals surface area contributed by atoms with Gasteiger partial charge in [0, 0.05) is 29.6 Å². The molecule has 0 atom stereocenters. The molecule has 0 spiro atoms. The molecule has 0 aliphatic rings. The Hall–Kier alpha value is -2.94. The predicted molar refractivity (Wildman–Crippen MR) is 98.5 cm³/mol. The summed E-state index contributed by atoms with van der Waals surface area (Å²) in [6, 6.07) is 6.89. The van der Waals surface area contributed by atoms with Crippen molar-refractivity contribution in [3.63, 3.8) is 0 Å². The van der Waals surface area contributed by atoms with Crippen molar-refractivity contribution in [2.24, 2.45) is 0 Å². The fraction of sp³-hybridized carbons (Fsp3) is 0.316. The molecule has 0 aliphatic carbocycles. The summed E-state index contributed by atoms with van der Waals surface area (Å²) in [7, 11) is 1.94. The number of imidazole rings is 1. The van der Waals surface area contributed by atoms with Crippen LogP contribution in [0.3, 0.4) is 0 Å². The smallest absolute Gasteiger partial charge is 0.345 e. The van der Waals surface area contributed by atoms with Gasteiger partial charge in [-0.15, -0.1) is 0 Å². The second-order valence-corrected chi connectivity index (χ2v) is 6.77. The number of aromatic nitrogens is 4. The average molecular weight is 391 g/mol. The van der Waals surface area contributed by atoms with Crippen LogP contribution in [0.1, 0.15) is 28.3 Å². The Morgan fingerprint density at radius 3 is 2.32 bits per heavy atom. The van der Waals surface area contributed by atoms with Crippen LogP contribution in [0, 0.1) is 13.8 Å². The summed E-state index contributed by atoms with van der Waals surface area (Å²) in [4.78, 5) is 27.4. The molecule has 0 amide bonds. The minimum absolute atomic E-state index is 0.103. The number of nitrogens with one attached hydrogen (secondary N) is 2. The van der Waals surface area contributed by atoms with E-state index in [1.54, 1.807) is 30.5 Å². The second-order valence-electron chi connectivity index (χ2n) is 6.77. The summed E-state index contributed by atoms with van der Waals surface area (Å²) >= 11 is 0. The molecule has 0 saturated carbocycles. The maximum absolute atomic E-state index is 13.1. The summed E-state index contributed by atoms with van der Waals surface area (Å²) in [6.45, 7) is 4.31. The van der Waals surface area contributed by atoms with Crippen LogP contribution in [0.15, 0.2) is 35.3 Å². The third kappa shape index (κ3) is 4.48. The first kappa shape index (κ1) is 19.8. The molecule has 0 radical (unpaired) electrons. The molecule has 6 nitrogen and oxygen atoms in total. The number of benzene rings is 1. The van der Waals surface area contributed by atoms with Crippen molar-refractivity contribution in [2.45, 2.75) is 33.1 Å². The first-order valence-corrected chi connectivity index (χ1v) is 8.60. The van der Waals surface area contributed by atoms with E-state index in [2.05, 4.69) is 24.8 Å². The Balaban J connectivity index is 1.77. The lowest BCUT2D eigenvalue weighted by molar-refractivity contribution is -0.141. The van der Waals surface area contributed by atoms with Crippen LogP contribution in [0.2, 0.25) is 0 Å². The van der Waals surface area contributed by atoms with Crippen molar-refractivity contribution >= 4 is 0 Å². The minimum Gasteiger partial charge on any atom is -0.345 e. The normalized spacial score (nSPS) is 12.0. The monoisotopic (exact) mass is 391 g/mol. The Labute approximate surface area is 159 Å². The average Bonchev–Trinajstić information content (AvgIpc) is 3.01. The second kappa shape index (κ2) is 7.59. The Bertz CT molecular complexity index is 1020. The van der Waals surface area contributed by atoms with E-state index in [9.17, 15) is 18.0 Å². The zero-order valence-electron chi connectivity index (χ0n) is 15.7. The molecule has 0 aliphatic heterocycles. The topological polar surface area (TPSA) is 77.7 Å². The van der Waals surface area contributed by atoms with Crippen LogP contribution in [-0.4, -0.2) is 31.9 Å². The highest BCUT2D eigenvalue weighted by Crippen LogP contribution is 2.30. The highest BCUT2D eigenvalue weighted by molar-refractivity contribution is 5.55. The van der Waals surface area contributed by atoms with Gasteiger partial charge in [0.15, 0.2) is 5.69 Å². The molecule has 3 rings (SSSR count). The van der Waals surface area contributed by atoms with E-state index in [1.807, 2.05) is 14.0 Å². The van der Waals surface area contributed by atoms with E-state index < -0.39 is 23.0 Å². The highest BCUT2D eigenvalue weighted by atomic mass is 19.4. The Kier molecular flexibility index (Phi) is 5.37. The number of aromatic amines is 2. The first-order chi connectivity index (χ1) is 13.1. The molecule has 2 N–H and O–H groups in total. The van der Waals surface area contributed by atoms with Crippen molar-refractivity contribution in [3.8, 4) is 11.4 Å². The van der Waals surface area contributed by atoms with Gasteiger partial charge in [-0.1, -0.05) is 24.3 Å². The number of aryl methyl sites for hydroxylation is 1. The van der Waals surface area contributed by atoms with Crippen molar-refractivity contribution in [1.82, 2.24) is 24.8 Å². The van der Waals surface area contributed by atoms with Crippen LogP contribution in [0.25, 0.3) is 11.4 Å². The zero-order valence-corrected chi connectivity index (χ0v) is 15.7. The lowest BCUT2D eigenvalue weighted by Crippen LogP contribution is -2.21. The molecule has 28 heavy (non-hydrogen) atoms. The van der Waals surface area contributed by atoms with Gasteiger partial charge in [0.2, 0.25) is 0 Å². The molecule has 0 fully saturated rings. The standard InChI is InChI=1S/C19H20F3N5O/c1-11-8-23-15(24-11)10-27(3)9-13-4-6-14(7-5-13)17-25-16(19(20,21)22)12(2)18(28)26-17/h4-8H,9-10H2,1-3H3,(H,23,24)(H,25,26,28). The fourth-order valence-electron chi connectivity index (χ4n) is 2.88. The fourth-order valence-corrected chi connectivity index (χ4v) is 2.88. The van der Waals surface area contributed by atoms with Crippen LogP contribution < -0.4 is 5.56 Å². The summed E-state index contributed by atoms with van der Waals surface area (Å²) in [5.41, 5.74) is -0.0254. The van der Waals surface area contributed by atoms with E-state index >= 15 is 0 Å². The number of alkyl halides is 3. The number of hydrogen-bond acceptors (Lipinski definition) is 4. The highest BCUT2D eigenvalue weighted by Gasteiger charge is 2.36. The van der Waals surface area contributed by atoms with Crippen LogP contribution >= 0.6 is 0 Å². The number of H-pyrrole nitrogens is 2. The molecular weight excluding hydrogens is 371 g/mol. The number of rotatable bonds is 5. The van der Waals surface area contributed by atoms with Gasteiger partial charge in [-0.2, -0.15) is 13.2 Å². The minimum atomic E-state index is -4.68. The van der Waals surface area contributed by atoms with Gasteiger partial charge in [-0.3, -0.25) is 9.69 Å². The Morgan fingerprint density at radius 2 is 1.75 bits per heavy atom. The van der Waals surface area contributed by atoms with Crippen LogP contribution in [0.5, 0.6) is 0 Å². The van der Waals surface area contributed by atoms with Gasteiger partial charge < -0.3 is 9.97 Å². The van der Waals surface area contributed by atoms with Crippen molar-refractivity contribution in [1.29, 1.82) is 0 Å². The van der Waals surface area contributed by atoms with Crippen molar-refractivity contribution in [2.75, 3.05) is 7.05 Å². The van der Waals surface area contributed by atoms with Crippen molar-refractivity contribution < 1.29 is 13.2 Å². The van der Waals surface area contributed by atoms with Crippen LogP contribution in [-0.2, 0) is 19.3 Å². The summed E-state index contributed by atoms with van der Waals surface area (Å²) in [6.07, 6.45) is -2.91. The largest absolute Gasteiger partial charge is 0.433 e. The van der Waals surface area contributed by atoms with Gasteiger partial charge in [0.1, 0.15) is 11.6 Å². The van der Waals surface area contributed by atoms with Crippen molar-refractivity contribution in [3.05, 3.63) is 69.2 Å². The first-order valence-electron chi connectivity index (χ1n) is 8.60. The lowest BCUT2D eigenvalue weighted by Gasteiger charge is -2.15. The molecule has 1 aromatic carbocycles. The molecule has 2 heterocycles. The molecule has 0 bridgehead atoms. The van der Waals surface area contributed by atoms with Gasteiger partial charge in [0.05, 0.1) is 6.54 Å². The molecular formula is C19H20F3N5O. The Morgan fingerprint density at radius 1 is 1.07 bits per heavy atom. The molecule has 2 aromatic heterocycles. The van der Waals surface area contributed by atoms with Gasteiger partial charge in [-0.25, -0.2) is 9.97 Å². The lowest BCUT2D eigenvalue weighted by atomic mass is 10.1. The molecule has 3 aromatic rings.